The van der Waals surface area contributed by atoms with Gasteiger partial charge in [-0.05, 0) is 44.4 Å². The fourth-order valence-corrected chi connectivity index (χ4v) is 2.53. The normalized spacial score (nSPS) is 10.7. The van der Waals surface area contributed by atoms with Crippen LogP contribution in [0, 0.1) is 13.8 Å². The first-order valence-corrected chi connectivity index (χ1v) is 7.44. The van der Waals surface area contributed by atoms with Crippen molar-refractivity contribution >= 4 is 6.03 Å². The first kappa shape index (κ1) is 15.3. The molecule has 0 unspecified atom stereocenters. The minimum Gasteiger partial charge on any atom is -0.325 e. The lowest BCUT2D eigenvalue weighted by atomic mass is 9.99. The molecule has 0 N–H and O–H groups in total. The highest BCUT2D eigenvalue weighted by atomic mass is 16.2. The summed E-state index contributed by atoms with van der Waals surface area (Å²) >= 11 is 0. The van der Waals surface area contributed by atoms with Gasteiger partial charge in [0, 0.05) is 25.7 Å². The van der Waals surface area contributed by atoms with Gasteiger partial charge < -0.3 is 4.90 Å². The van der Waals surface area contributed by atoms with E-state index in [0.29, 0.717) is 13.1 Å². The van der Waals surface area contributed by atoms with Crippen molar-refractivity contribution < 1.29 is 4.79 Å². The van der Waals surface area contributed by atoms with Gasteiger partial charge in [0.1, 0.15) is 6.33 Å². The zero-order valence-corrected chi connectivity index (χ0v) is 13.3. The molecule has 1 aromatic carbocycles. The van der Waals surface area contributed by atoms with Crippen LogP contribution in [-0.2, 0) is 6.42 Å². The molecule has 112 valence electrons. The van der Waals surface area contributed by atoms with Crippen LogP contribution in [0.15, 0.2) is 30.7 Å². The Morgan fingerprint density at radius 1 is 1.19 bits per heavy atom. The molecule has 1 amide bonds. The number of imidazole rings is 1. The van der Waals surface area contributed by atoms with Crippen molar-refractivity contribution in [3.05, 3.63) is 53.1 Å². The zero-order valence-electron chi connectivity index (χ0n) is 13.3. The van der Waals surface area contributed by atoms with Crippen LogP contribution in [0.4, 0.5) is 4.79 Å². The molecule has 0 aliphatic heterocycles. The first-order chi connectivity index (χ1) is 10.1. The smallest absolute Gasteiger partial charge is 0.325 e. The van der Waals surface area contributed by atoms with Crippen LogP contribution in [-0.4, -0.2) is 33.6 Å². The molecule has 0 atom stereocenters. The number of rotatable bonds is 4. The second-order valence-corrected chi connectivity index (χ2v) is 5.27. The monoisotopic (exact) mass is 285 g/mol. The average molecular weight is 285 g/mol. The number of nitrogens with zero attached hydrogens (tertiary/aromatic N) is 3. The minimum absolute atomic E-state index is 0.0137. The summed E-state index contributed by atoms with van der Waals surface area (Å²) in [5, 5.41) is 0. The standard InChI is InChI=1S/C17H23N3O/c1-5-19(6-2)17(21)20-11-15(18-12-20)10-16-13(3)8-7-9-14(16)4/h7-9,11-12H,5-6,10H2,1-4H3. The highest BCUT2D eigenvalue weighted by Crippen LogP contribution is 2.17. The molecule has 0 fully saturated rings. The van der Waals surface area contributed by atoms with E-state index in [-0.39, 0.29) is 6.03 Å². The van der Waals surface area contributed by atoms with Crippen LogP contribution in [0.2, 0.25) is 0 Å². The fourth-order valence-electron chi connectivity index (χ4n) is 2.53. The maximum Gasteiger partial charge on any atom is 0.329 e. The van der Waals surface area contributed by atoms with Crippen LogP contribution in [0.5, 0.6) is 0 Å². The summed E-state index contributed by atoms with van der Waals surface area (Å²) < 4.78 is 1.58. The SMILES string of the molecule is CCN(CC)C(=O)n1cnc(Cc2c(C)cccc2C)c1. The van der Waals surface area contributed by atoms with Crippen molar-refractivity contribution in [2.75, 3.05) is 13.1 Å². The van der Waals surface area contributed by atoms with Crippen LogP contribution >= 0.6 is 0 Å². The maximum atomic E-state index is 12.3. The van der Waals surface area contributed by atoms with E-state index in [1.165, 1.54) is 16.7 Å². The Morgan fingerprint density at radius 3 is 2.38 bits per heavy atom. The van der Waals surface area contributed by atoms with E-state index in [9.17, 15) is 4.79 Å². The molecule has 1 heterocycles. The third-order valence-corrected chi connectivity index (χ3v) is 3.89. The Bertz CT molecular complexity index is 606. The second kappa shape index (κ2) is 6.57. The van der Waals surface area contributed by atoms with Crippen molar-refractivity contribution in [1.29, 1.82) is 0 Å². The second-order valence-electron chi connectivity index (χ2n) is 5.27. The molecule has 0 saturated heterocycles. The Morgan fingerprint density at radius 2 is 1.81 bits per heavy atom. The van der Waals surface area contributed by atoms with Gasteiger partial charge in [-0.1, -0.05) is 18.2 Å². The maximum absolute atomic E-state index is 12.3. The van der Waals surface area contributed by atoms with Gasteiger partial charge in [0.25, 0.3) is 0 Å². The van der Waals surface area contributed by atoms with E-state index in [1.54, 1.807) is 15.8 Å². The van der Waals surface area contributed by atoms with E-state index >= 15 is 0 Å². The van der Waals surface area contributed by atoms with Gasteiger partial charge in [-0.3, -0.25) is 4.57 Å². The van der Waals surface area contributed by atoms with Crippen molar-refractivity contribution in [2.45, 2.75) is 34.1 Å². The number of amides is 1. The molecule has 0 aliphatic carbocycles. The van der Waals surface area contributed by atoms with Crippen LogP contribution in [0.25, 0.3) is 0 Å². The summed E-state index contributed by atoms with van der Waals surface area (Å²) in [5.74, 6) is 0. The molecular weight excluding hydrogens is 262 g/mol. The molecule has 1 aromatic heterocycles. The van der Waals surface area contributed by atoms with Crippen LogP contribution in [0.3, 0.4) is 0 Å². The van der Waals surface area contributed by atoms with Gasteiger partial charge >= 0.3 is 6.03 Å². The number of aromatic nitrogens is 2. The summed E-state index contributed by atoms with van der Waals surface area (Å²) in [6, 6.07) is 6.28. The van der Waals surface area contributed by atoms with Crippen molar-refractivity contribution in [3.8, 4) is 0 Å². The summed E-state index contributed by atoms with van der Waals surface area (Å²) in [6.45, 7) is 9.60. The van der Waals surface area contributed by atoms with Crippen LogP contribution in [0.1, 0.15) is 36.2 Å². The quantitative estimate of drug-likeness (QED) is 0.863. The summed E-state index contributed by atoms with van der Waals surface area (Å²) in [6.07, 6.45) is 4.22. The fraction of sp³-hybridized carbons (Fsp3) is 0.412. The molecule has 21 heavy (non-hydrogen) atoms. The minimum atomic E-state index is -0.0137. The molecule has 0 saturated carbocycles. The molecule has 0 aliphatic rings. The van der Waals surface area contributed by atoms with Gasteiger partial charge in [-0.2, -0.15) is 0 Å². The summed E-state index contributed by atoms with van der Waals surface area (Å²) in [4.78, 5) is 18.4. The van der Waals surface area contributed by atoms with E-state index in [1.807, 2.05) is 20.0 Å². The Labute approximate surface area is 126 Å². The van der Waals surface area contributed by atoms with E-state index < -0.39 is 0 Å². The van der Waals surface area contributed by atoms with Crippen LogP contribution < -0.4 is 0 Å². The molecule has 0 radical (unpaired) electrons. The molecule has 2 rings (SSSR count). The van der Waals surface area contributed by atoms with E-state index in [0.717, 1.165) is 12.1 Å². The molecule has 4 nitrogen and oxygen atoms in total. The third-order valence-electron chi connectivity index (χ3n) is 3.89. The van der Waals surface area contributed by atoms with Crippen molar-refractivity contribution in [2.24, 2.45) is 0 Å². The lowest BCUT2D eigenvalue weighted by molar-refractivity contribution is 0.205. The molecule has 0 spiro atoms. The number of aryl methyl sites for hydroxylation is 2. The number of hydrogen-bond acceptors (Lipinski definition) is 2. The molecule has 4 heteroatoms. The number of hydrogen-bond donors (Lipinski definition) is 0. The van der Waals surface area contributed by atoms with Gasteiger partial charge in [-0.25, -0.2) is 9.78 Å². The lowest BCUT2D eigenvalue weighted by Crippen LogP contribution is -2.33. The number of carbonyl (C=O) groups excluding carboxylic acids is 1. The molecule has 2 aromatic rings. The Hall–Kier alpha value is -2.10. The predicted octanol–water partition coefficient (Wildman–Crippen LogP) is 3.40. The number of carbonyl (C=O) groups is 1. The van der Waals surface area contributed by atoms with Crippen molar-refractivity contribution in [3.63, 3.8) is 0 Å². The predicted molar refractivity (Wildman–Crippen MR) is 84.7 cm³/mol. The number of benzene rings is 1. The third kappa shape index (κ3) is 3.32. The first-order valence-electron chi connectivity index (χ1n) is 7.44. The van der Waals surface area contributed by atoms with E-state index in [4.69, 9.17) is 0 Å². The van der Waals surface area contributed by atoms with Gasteiger partial charge in [0.15, 0.2) is 0 Å². The molecule has 0 bridgehead atoms. The zero-order chi connectivity index (χ0) is 15.4. The van der Waals surface area contributed by atoms with Gasteiger partial charge in [0.2, 0.25) is 0 Å². The summed E-state index contributed by atoms with van der Waals surface area (Å²) in [5.41, 5.74) is 4.74. The molecular formula is C17H23N3O. The highest BCUT2D eigenvalue weighted by molar-refractivity contribution is 5.76. The van der Waals surface area contributed by atoms with Gasteiger partial charge in [-0.15, -0.1) is 0 Å². The topological polar surface area (TPSA) is 38.1 Å². The largest absolute Gasteiger partial charge is 0.329 e. The Kier molecular flexibility index (Phi) is 4.78. The Balaban J connectivity index is 2.19. The van der Waals surface area contributed by atoms with Gasteiger partial charge in [0.05, 0.1) is 5.69 Å². The van der Waals surface area contributed by atoms with Crippen molar-refractivity contribution in [1.82, 2.24) is 14.5 Å². The highest BCUT2D eigenvalue weighted by Gasteiger charge is 2.13. The average Bonchev–Trinajstić information content (AvgIpc) is 2.93. The summed E-state index contributed by atoms with van der Waals surface area (Å²) in [7, 11) is 0. The van der Waals surface area contributed by atoms with E-state index in [2.05, 4.69) is 37.0 Å². The lowest BCUT2D eigenvalue weighted by Gasteiger charge is -2.18.